The minimum absolute atomic E-state index is 0.215. The highest BCUT2D eigenvalue weighted by Crippen LogP contribution is 2.21. The number of nitrogens with two attached hydrogens (primary N) is 1. The van der Waals surface area contributed by atoms with E-state index in [1.54, 1.807) is 7.05 Å². The van der Waals surface area contributed by atoms with Gasteiger partial charge in [0.15, 0.2) is 0 Å². The fourth-order valence-corrected chi connectivity index (χ4v) is 1.49. The van der Waals surface area contributed by atoms with E-state index in [1.165, 1.54) is 23.0 Å². The summed E-state index contributed by atoms with van der Waals surface area (Å²) in [6.07, 6.45) is 1.45. The molecule has 2 aromatic rings. The van der Waals surface area contributed by atoms with Gasteiger partial charge in [0.05, 0.1) is 17.9 Å². The molecule has 16 heavy (non-hydrogen) atoms. The SMILES string of the molecule is Cn1nncc1C(N)c1ccc(F)cc1F. The van der Waals surface area contributed by atoms with Gasteiger partial charge >= 0.3 is 0 Å². The predicted molar refractivity (Wildman–Crippen MR) is 53.4 cm³/mol. The second kappa shape index (κ2) is 3.97. The Hall–Kier alpha value is -1.82. The van der Waals surface area contributed by atoms with Crippen molar-refractivity contribution in [2.45, 2.75) is 6.04 Å². The average molecular weight is 224 g/mol. The second-order valence-corrected chi connectivity index (χ2v) is 3.43. The first-order chi connectivity index (χ1) is 7.59. The first-order valence-corrected chi connectivity index (χ1v) is 4.64. The Morgan fingerprint density at radius 3 is 2.69 bits per heavy atom. The minimum atomic E-state index is -0.708. The van der Waals surface area contributed by atoms with E-state index in [0.29, 0.717) is 5.69 Å². The van der Waals surface area contributed by atoms with Crippen LogP contribution in [-0.2, 0) is 7.05 Å². The Balaban J connectivity index is 2.41. The molecule has 0 bridgehead atoms. The lowest BCUT2D eigenvalue weighted by atomic mass is 10.0. The molecule has 0 aliphatic carbocycles. The Labute approximate surface area is 90.7 Å². The van der Waals surface area contributed by atoms with Crippen LogP contribution in [0.15, 0.2) is 24.4 Å². The van der Waals surface area contributed by atoms with Crippen LogP contribution in [0, 0.1) is 11.6 Å². The number of halogens is 2. The predicted octanol–water partition coefficient (Wildman–Crippen LogP) is 1.14. The molecule has 1 aromatic heterocycles. The number of aromatic nitrogens is 3. The fraction of sp³-hybridized carbons (Fsp3) is 0.200. The van der Waals surface area contributed by atoms with Gasteiger partial charge in [0.2, 0.25) is 0 Å². The Kier molecular flexibility index (Phi) is 2.66. The van der Waals surface area contributed by atoms with Crippen LogP contribution in [0.4, 0.5) is 8.78 Å². The molecule has 84 valence electrons. The van der Waals surface area contributed by atoms with Crippen molar-refractivity contribution in [1.82, 2.24) is 15.0 Å². The van der Waals surface area contributed by atoms with Crippen molar-refractivity contribution in [3.05, 3.63) is 47.3 Å². The van der Waals surface area contributed by atoms with Gasteiger partial charge in [0.1, 0.15) is 11.6 Å². The molecule has 2 rings (SSSR count). The van der Waals surface area contributed by atoms with E-state index in [9.17, 15) is 8.78 Å². The van der Waals surface area contributed by atoms with Crippen LogP contribution < -0.4 is 5.73 Å². The molecule has 1 aromatic carbocycles. The van der Waals surface area contributed by atoms with Crippen LogP contribution in [0.25, 0.3) is 0 Å². The average Bonchev–Trinajstić information content (AvgIpc) is 2.63. The van der Waals surface area contributed by atoms with Gasteiger partial charge in [-0.2, -0.15) is 0 Å². The highest BCUT2D eigenvalue weighted by atomic mass is 19.1. The normalized spacial score (nSPS) is 12.8. The van der Waals surface area contributed by atoms with Crippen LogP contribution in [0.3, 0.4) is 0 Å². The summed E-state index contributed by atoms with van der Waals surface area (Å²) in [4.78, 5) is 0. The second-order valence-electron chi connectivity index (χ2n) is 3.43. The van der Waals surface area contributed by atoms with E-state index in [-0.39, 0.29) is 5.56 Å². The first-order valence-electron chi connectivity index (χ1n) is 4.64. The van der Waals surface area contributed by atoms with E-state index >= 15 is 0 Å². The van der Waals surface area contributed by atoms with E-state index in [2.05, 4.69) is 10.3 Å². The molecule has 0 amide bonds. The molecule has 6 heteroatoms. The summed E-state index contributed by atoms with van der Waals surface area (Å²) in [7, 11) is 1.66. The van der Waals surface area contributed by atoms with Crippen molar-refractivity contribution in [1.29, 1.82) is 0 Å². The maximum atomic E-state index is 13.5. The number of hydrogen-bond acceptors (Lipinski definition) is 3. The Bertz CT molecular complexity index is 509. The summed E-state index contributed by atoms with van der Waals surface area (Å²) in [6.45, 7) is 0. The highest BCUT2D eigenvalue weighted by Gasteiger charge is 2.17. The fourth-order valence-electron chi connectivity index (χ4n) is 1.49. The van der Waals surface area contributed by atoms with Crippen molar-refractivity contribution in [3.63, 3.8) is 0 Å². The molecular weight excluding hydrogens is 214 g/mol. The number of benzene rings is 1. The van der Waals surface area contributed by atoms with Gasteiger partial charge in [0, 0.05) is 18.7 Å². The first kappa shape index (κ1) is 10.7. The van der Waals surface area contributed by atoms with Gasteiger partial charge in [-0.25, -0.2) is 8.78 Å². The van der Waals surface area contributed by atoms with E-state index in [0.717, 1.165) is 6.07 Å². The lowest BCUT2D eigenvalue weighted by Crippen LogP contribution is -2.17. The van der Waals surface area contributed by atoms with Crippen molar-refractivity contribution in [2.24, 2.45) is 12.8 Å². The molecule has 0 saturated carbocycles. The monoisotopic (exact) mass is 224 g/mol. The van der Waals surface area contributed by atoms with E-state index in [1.807, 2.05) is 0 Å². The third kappa shape index (κ3) is 1.79. The van der Waals surface area contributed by atoms with Crippen molar-refractivity contribution < 1.29 is 8.78 Å². The lowest BCUT2D eigenvalue weighted by molar-refractivity contribution is 0.558. The van der Waals surface area contributed by atoms with Crippen LogP contribution in [0.2, 0.25) is 0 Å². The van der Waals surface area contributed by atoms with Gasteiger partial charge in [-0.05, 0) is 6.07 Å². The van der Waals surface area contributed by atoms with E-state index in [4.69, 9.17) is 5.73 Å². The van der Waals surface area contributed by atoms with E-state index < -0.39 is 17.7 Å². The molecule has 4 nitrogen and oxygen atoms in total. The third-order valence-electron chi connectivity index (χ3n) is 2.37. The number of hydrogen-bond donors (Lipinski definition) is 1. The van der Waals surface area contributed by atoms with Crippen molar-refractivity contribution in [2.75, 3.05) is 0 Å². The van der Waals surface area contributed by atoms with Crippen LogP contribution in [0.1, 0.15) is 17.3 Å². The molecule has 2 N–H and O–H groups in total. The molecule has 1 unspecified atom stereocenters. The number of rotatable bonds is 2. The Morgan fingerprint density at radius 1 is 1.38 bits per heavy atom. The maximum absolute atomic E-state index is 13.5. The van der Waals surface area contributed by atoms with Crippen molar-refractivity contribution >= 4 is 0 Å². The Morgan fingerprint density at radius 2 is 2.12 bits per heavy atom. The summed E-state index contributed by atoms with van der Waals surface area (Å²) in [5.74, 6) is -1.30. The maximum Gasteiger partial charge on any atom is 0.131 e. The summed E-state index contributed by atoms with van der Waals surface area (Å²) in [5.41, 5.74) is 6.62. The standard InChI is InChI=1S/C10H10F2N4/c1-16-9(5-14-15-16)10(13)7-3-2-6(11)4-8(7)12/h2-5,10H,13H2,1H3. The van der Waals surface area contributed by atoms with Gasteiger partial charge in [-0.15, -0.1) is 5.10 Å². The smallest absolute Gasteiger partial charge is 0.131 e. The van der Waals surface area contributed by atoms with Gasteiger partial charge in [0.25, 0.3) is 0 Å². The molecular formula is C10H10F2N4. The molecule has 0 fully saturated rings. The zero-order chi connectivity index (χ0) is 11.7. The molecule has 0 spiro atoms. The van der Waals surface area contributed by atoms with Crippen LogP contribution in [0.5, 0.6) is 0 Å². The zero-order valence-corrected chi connectivity index (χ0v) is 8.56. The van der Waals surface area contributed by atoms with Crippen LogP contribution in [-0.4, -0.2) is 15.0 Å². The molecule has 0 radical (unpaired) electrons. The molecule has 0 aliphatic heterocycles. The molecule has 1 atom stereocenters. The number of nitrogens with zero attached hydrogens (tertiary/aromatic N) is 3. The van der Waals surface area contributed by atoms with Gasteiger partial charge < -0.3 is 5.73 Å². The largest absolute Gasteiger partial charge is 0.319 e. The third-order valence-corrected chi connectivity index (χ3v) is 2.37. The zero-order valence-electron chi connectivity index (χ0n) is 8.56. The minimum Gasteiger partial charge on any atom is -0.319 e. The molecule has 0 saturated heterocycles. The lowest BCUT2D eigenvalue weighted by Gasteiger charge is -2.12. The molecule has 0 aliphatic rings. The van der Waals surface area contributed by atoms with Gasteiger partial charge in [-0.1, -0.05) is 11.3 Å². The number of aryl methyl sites for hydroxylation is 1. The van der Waals surface area contributed by atoms with Crippen LogP contribution >= 0.6 is 0 Å². The topological polar surface area (TPSA) is 56.7 Å². The molecule has 1 heterocycles. The summed E-state index contributed by atoms with van der Waals surface area (Å²) >= 11 is 0. The summed E-state index contributed by atoms with van der Waals surface area (Å²) in [6, 6.07) is 2.59. The highest BCUT2D eigenvalue weighted by molar-refractivity contribution is 5.27. The quantitative estimate of drug-likeness (QED) is 0.832. The summed E-state index contributed by atoms with van der Waals surface area (Å²) in [5, 5.41) is 7.35. The summed E-state index contributed by atoms with van der Waals surface area (Å²) < 4.78 is 27.6. The van der Waals surface area contributed by atoms with Gasteiger partial charge in [-0.3, -0.25) is 4.68 Å². The van der Waals surface area contributed by atoms with Crippen molar-refractivity contribution in [3.8, 4) is 0 Å².